The molecule has 0 aliphatic heterocycles. The highest BCUT2D eigenvalue weighted by Crippen LogP contribution is 2.23. The van der Waals surface area contributed by atoms with Crippen molar-refractivity contribution in [2.75, 3.05) is 31.4 Å². The maximum Gasteiger partial charge on any atom is 0.203 e. The summed E-state index contributed by atoms with van der Waals surface area (Å²) in [5, 5.41) is 6.17. The fourth-order valence-corrected chi connectivity index (χ4v) is 2.41. The van der Waals surface area contributed by atoms with E-state index in [9.17, 15) is 4.39 Å². The molecule has 0 spiro atoms. The highest BCUT2D eigenvalue weighted by Gasteiger charge is 2.11. The van der Waals surface area contributed by atoms with Gasteiger partial charge in [-0.2, -0.15) is 0 Å². The first-order valence-electron chi connectivity index (χ1n) is 7.27. The van der Waals surface area contributed by atoms with Crippen molar-refractivity contribution in [2.24, 2.45) is 0 Å². The second kappa shape index (κ2) is 6.62. The predicted octanol–water partition coefficient (Wildman–Crippen LogP) is 3.00. The zero-order chi connectivity index (χ0) is 16.2. The molecular weight excluding hydrogens is 297 g/mol. The van der Waals surface area contributed by atoms with Crippen molar-refractivity contribution in [3.63, 3.8) is 0 Å². The number of nitrogens with zero attached hydrogens (tertiary/aromatic N) is 3. The van der Waals surface area contributed by atoms with Crippen molar-refractivity contribution in [1.29, 1.82) is 0 Å². The summed E-state index contributed by atoms with van der Waals surface area (Å²) in [5.74, 6) is 1.09. The van der Waals surface area contributed by atoms with Gasteiger partial charge in [-0.05, 0) is 18.2 Å². The second-order valence-electron chi connectivity index (χ2n) is 5.02. The first-order valence-corrected chi connectivity index (χ1v) is 7.27. The molecule has 120 valence electrons. The molecule has 3 aromatic rings. The largest absolute Gasteiger partial charge is 0.383 e. The molecule has 0 radical (unpaired) electrons. The number of hydrogen-bond donors (Lipinski definition) is 2. The summed E-state index contributed by atoms with van der Waals surface area (Å²) in [5.41, 5.74) is 2.36. The Bertz CT molecular complexity index is 817. The Morgan fingerprint density at radius 1 is 1.30 bits per heavy atom. The average molecular weight is 315 g/mol. The molecule has 2 aromatic heterocycles. The third-order valence-corrected chi connectivity index (χ3v) is 3.47. The van der Waals surface area contributed by atoms with E-state index in [1.165, 1.54) is 12.1 Å². The normalized spacial score (nSPS) is 10.9. The van der Waals surface area contributed by atoms with E-state index in [1.54, 1.807) is 25.4 Å². The van der Waals surface area contributed by atoms with E-state index in [-0.39, 0.29) is 5.82 Å². The van der Waals surface area contributed by atoms with Crippen LogP contribution in [-0.2, 0) is 11.3 Å². The van der Waals surface area contributed by atoms with Gasteiger partial charge < -0.3 is 19.9 Å². The number of aromatic nitrogens is 3. The number of ether oxygens (including phenoxy) is 1. The summed E-state index contributed by atoms with van der Waals surface area (Å²) in [6.07, 6.45) is 1.70. The van der Waals surface area contributed by atoms with Crippen molar-refractivity contribution in [3.05, 3.63) is 42.3 Å². The summed E-state index contributed by atoms with van der Waals surface area (Å²) in [6.45, 7) is 1.25. The van der Waals surface area contributed by atoms with Gasteiger partial charge in [0, 0.05) is 32.5 Å². The molecule has 0 aliphatic rings. The van der Waals surface area contributed by atoms with Gasteiger partial charge in [0.15, 0.2) is 0 Å². The molecule has 0 amide bonds. The summed E-state index contributed by atoms with van der Waals surface area (Å²) < 4.78 is 20.5. The molecule has 0 fully saturated rings. The first kappa shape index (κ1) is 15.2. The average Bonchev–Trinajstić information content (AvgIpc) is 2.90. The standard InChI is InChI=1S/C16H18FN5O/c1-18-16-21-13-10-19-15(9-14(13)22(16)6-7-23-2)20-12-5-3-4-11(17)8-12/h3-5,8-10H,6-7H2,1-2H3,(H,18,21)(H,19,20). The van der Waals surface area contributed by atoms with Crippen LogP contribution in [0.1, 0.15) is 0 Å². The summed E-state index contributed by atoms with van der Waals surface area (Å²) in [7, 11) is 3.49. The molecule has 0 saturated carbocycles. The SMILES string of the molecule is CNc1nc2cnc(Nc3cccc(F)c3)cc2n1CCOC. The molecule has 0 atom stereocenters. The second-order valence-corrected chi connectivity index (χ2v) is 5.02. The number of fused-ring (bicyclic) bond motifs is 1. The van der Waals surface area contributed by atoms with Crippen LogP contribution in [0.3, 0.4) is 0 Å². The van der Waals surface area contributed by atoms with Gasteiger partial charge in [-0.1, -0.05) is 6.07 Å². The van der Waals surface area contributed by atoms with Crippen molar-refractivity contribution in [2.45, 2.75) is 6.54 Å². The molecular formula is C16H18FN5O. The Hall–Kier alpha value is -2.67. The van der Waals surface area contributed by atoms with Crippen molar-refractivity contribution < 1.29 is 9.13 Å². The van der Waals surface area contributed by atoms with Crippen LogP contribution in [0.15, 0.2) is 36.5 Å². The van der Waals surface area contributed by atoms with Crippen LogP contribution in [0.4, 0.5) is 21.8 Å². The Morgan fingerprint density at radius 3 is 2.91 bits per heavy atom. The molecule has 7 heteroatoms. The number of benzene rings is 1. The fraction of sp³-hybridized carbons (Fsp3) is 0.250. The number of pyridine rings is 1. The molecule has 0 aliphatic carbocycles. The zero-order valence-corrected chi connectivity index (χ0v) is 13.0. The van der Waals surface area contributed by atoms with Crippen LogP contribution in [0, 0.1) is 5.82 Å². The van der Waals surface area contributed by atoms with Crippen LogP contribution in [-0.4, -0.2) is 35.3 Å². The number of nitrogens with one attached hydrogen (secondary N) is 2. The molecule has 2 N–H and O–H groups in total. The molecule has 3 rings (SSSR count). The lowest BCUT2D eigenvalue weighted by Gasteiger charge is -2.09. The minimum atomic E-state index is -0.293. The third kappa shape index (κ3) is 3.24. The van der Waals surface area contributed by atoms with Gasteiger partial charge in [0.1, 0.15) is 17.2 Å². The van der Waals surface area contributed by atoms with Crippen LogP contribution in [0.2, 0.25) is 0 Å². The Kier molecular flexibility index (Phi) is 4.38. The van der Waals surface area contributed by atoms with Crippen molar-refractivity contribution >= 4 is 28.5 Å². The van der Waals surface area contributed by atoms with Gasteiger partial charge in [-0.15, -0.1) is 0 Å². The monoisotopic (exact) mass is 315 g/mol. The van der Waals surface area contributed by atoms with Crippen LogP contribution >= 0.6 is 0 Å². The van der Waals surface area contributed by atoms with Gasteiger partial charge in [0.2, 0.25) is 5.95 Å². The summed E-state index contributed by atoms with van der Waals surface area (Å²) in [6, 6.07) is 8.16. The molecule has 0 bridgehead atoms. The van der Waals surface area contributed by atoms with E-state index >= 15 is 0 Å². The van der Waals surface area contributed by atoms with E-state index in [2.05, 4.69) is 20.6 Å². The lowest BCUT2D eigenvalue weighted by molar-refractivity contribution is 0.189. The zero-order valence-electron chi connectivity index (χ0n) is 13.0. The Labute approximate surface area is 133 Å². The fourth-order valence-electron chi connectivity index (χ4n) is 2.41. The maximum absolute atomic E-state index is 13.3. The topological polar surface area (TPSA) is 64.0 Å². The maximum atomic E-state index is 13.3. The van der Waals surface area contributed by atoms with E-state index in [1.807, 2.05) is 17.7 Å². The van der Waals surface area contributed by atoms with E-state index in [0.717, 1.165) is 17.0 Å². The van der Waals surface area contributed by atoms with E-state index < -0.39 is 0 Å². The van der Waals surface area contributed by atoms with Crippen molar-refractivity contribution in [1.82, 2.24) is 14.5 Å². The van der Waals surface area contributed by atoms with Crippen LogP contribution in [0.5, 0.6) is 0 Å². The minimum absolute atomic E-state index is 0.293. The molecule has 1 aromatic carbocycles. The number of imidazole rings is 1. The van der Waals surface area contributed by atoms with Gasteiger partial charge >= 0.3 is 0 Å². The number of halogens is 1. The molecule has 6 nitrogen and oxygen atoms in total. The summed E-state index contributed by atoms with van der Waals surface area (Å²) in [4.78, 5) is 8.82. The van der Waals surface area contributed by atoms with Gasteiger partial charge in [-0.3, -0.25) is 0 Å². The molecule has 23 heavy (non-hydrogen) atoms. The van der Waals surface area contributed by atoms with Gasteiger partial charge in [-0.25, -0.2) is 14.4 Å². The van der Waals surface area contributed by atoms with Gasteiger partial charge in [0.05, 0.1) is 18.3 Å². The number of rotatable bonds is 6. The summed E-state index contributed by atoms with van der Waals surface area (Å²) >= 11 is 0. The molecule has 0 unspecified atom stereocenters. The smallest absolute Gasteiger partial charge is 0.203 e. The lowest BCUT2D eigenvalue weighted by atomic mass is 10.3. The van der Waals surface area contributed by atoms with E-state index in [0.29, 0.717) is 24.7 Å². The Balaban J connectivity index is 1.96. The third-order valence-electron chi connectivity index (χ3n) is 3.47. The van der Waals surface area contributed by atoms with Crippen molar-refractivity contribution in [3.8, 4) is 0 Å². The van der Waals surface area contributed by atoms with Crippen LogP contribution < -0.4 is 10.6 Å². The number of methoxy groups -OCH3 is 1. The minimum Gasteiger partial charge on any atom is -0.383 e. The Morgan fingerprint density at radius 2 is 2.17 bits per heavy atom. The lowest BCUT2D eigenvalue weighted by Crippen LogP contribution is -2.08. The predicted molar refractivity (Wildman–Crippen MR) is 88.6 cm³/mol. The molecule has 2 heterocycles. The van der Waals surface area contributed by atoms with Crippen LogP contribution in [0.25, 0.3) is 11.0 Å². The highest BCUT2D eigenvalue weighted by molar-refractivity contribution is 5.81. The number of hydrogen-bond acceptors (Lipinski definition) is 5. The molecule has 0 saturated heterocycles. The van der Waals surface area contributed by atoms with E-state index in [4.69, 9.17) is 4.74 Å². The quantitative estimate of drug-likeness (QED) is 0.732. The first-order chi connectivity index (χ1) is 11.2. The number of anilines is 3. The highest BCUT2D eigenvalue weighted by atomic mass is 19.1. The van der Waals surface area contributed by atoms with Gasteiger partial charge in [0.25, 0.3) is 0 Å².